The van der Waals surface area contributed by atoms with E-state index >= 15 is 0 Å². The van der Waals surface area contributed by atoms with Crippen LogP contribution in [0.1, 0.15) is 54.4 Å². The first-order valence-electron chi connectivity index (χ1n) is 6.69. The smallest absolute Gasteiger partial charge is 0.240 e. The number of rotatable bonds is 6. The van der Waals surface area contributed by atoms with Crippen LogP contribution in [0, 0.1) is 17.3 Å². The van der Waals surface area contributed by atoms with E-state index in [0.29, 0.717) is 5.92 Å². The molecule has 0 rings (SSSR count). The van der Waals surface area contributed by atoms with Crippen molar-refractivity contribution in [1.29, 1.82) is 0 Å². The molecular weight excluding hydrogens is 228 g/mol. The number of carbonyl (C=O) groups excluding carboxylic acids is 2. The first kappa shape index (κ1) is 16.9. The van der Waals surface area contributed by atoms with Crippen LogP contribution in [0.3, 0.4) is 0 Å². The predicted molar refractivity (Wildman–Crippen MR) is 73.8 cm³/mol. The van der Waals surface area contributed by atoms with Crippen molar-refractivity contribution >= 4 is 11.8 Å². The third-order valence-corrected chi connectivity index (χ3v) is 3.06. The van der Waals surface area contributed by atoms with Crippen LogP contribution in [-0.4, -0.2) is 17.9 Å². The first-order valence-corrected chi connectivity index (χ1v) is 6.69. The van der Waals surface area contributed by atoms with Gasteiger partial charge in [-0.2, -0.15) is 0 Å². The van der Waals surface area contributed by atoms with E-state index in [9.17, 15) is 9.59 Å². The molecule has 0 aliphatic rings. The lowest BCUT2D eigenvalue weighted by atomic mass is 9.85. The summed E-state index contributed by atoms with van der Waals surface area (Å²) in [6.07, 6.45) is 1.61. The molecule has 0 saturated heterocycles. The van der Waals surface area contributed by atoms with Crippen LogP contribution in [0.2, 0.25) is 0 Å². The molecule has 0 heterocycles. The molecule has 4 heteroatoms. The number of nitrogens with two attached hydrogens (primary N) is 1. The van der Waals surface area contributed by atoms with Gasteiger partial charge in [-0.1, -0.05) is 41.5 Å². The third kappa shape index (κ3) is 5.52. The van der Waals surface area contributed by atoms with Crippen molar-refractivity contribution in [2.75, 3.05) is 0 Å². The summed E-state index contributed by atoms with van der Waals surface area (Å²) in [4.78, 5) is 23.6. The predicted octanol–water partition coefficient (Wildman–Crippen LogP) is 2.07. The third-order valence-electron chi connectivity index (χ3n) is 3.06. The molecule has 18 heavy (non-hydrogen) atoms. The summed E-state index contributed by atoms with van der Waals surface area (Å²) >= 11 is 0. The van der Waals surface area contributed by atoms with Gasteiger partial charge in [0.1, 0.15) is 6.04 Å². The van der Waals surface area contributed by atoms with Crippen molar-refractivity contribution in [2.45, 2.75) is 60.4 Å². The molecule has 2 atom stereocenters. The fourth-order valence-electron chi connectivity index (χ4n) is 2.00. The first-order chi connectivity index (χ1) is 8.09. The molecule has 3 N–H and O–H groups in total. The number of hydrogen-bond acceptors (Lipinski definition) is 2. The van der Waals surface area contributed by atoms with Crippen LogP contribution < -0.4 is 11.1 Å². The van der Waals surface area contributed by atoms with Gasteiger partial charge in [-0.05, 0) is 24.2 Å². The molecular formula is C14H28N2O2. The Balaban J connectivity index is 4.73. The van der Waals surface area contributed by atoms with Crippen LogP contribution >= 0.6 is 0 Å². The fourth-order valence-corrected chi connectivity index (χ4v) is 2.00. The highest BCUT2D eigenvalue weighted by atomic mass is 16.2. The minimum atomic E-state index is -0.619. The summed E-state index contributed by atoms with van der Waals surface area (Å²) in [6, 6.07) is -0.619. The van der Waals surface area contributed by atoms with Crippen molar-refractivity contribution in [3.63, 3.8) is 0 Å². The molecule has 0 saturated carbocycles. The molecule has 0 aromatic carbocycles. The largest absolute Gasteiger partial charge is 0.368 e. The zero-order chi connectivity index (χ0) is 14.5. The molecule has 0 unspecified atom stereocenters. The molecule has 4 nitrogen and oxygen atoms in total. The summed E-state index contributed by atoms with van der Waals surface area (Å²) in [5.41, 5.74) is 5.00. The maximum absolute atomic E-state index is 12.2. The molecule has 0 bridgehead atoms. The van der Waals surface area contributed by atoms with Crippen molar-refractivity contribution in [3.05, 3.63) is 0 Å². The van der Waals surface area contributed by atoms with Crippen LogP contribution in [0.5, 0.6) is 0 Å². The minimum Gasteiger partial charge on any atom is -0.368 e. The van der Waals surface area contributed by atoms with Gasteiger partial charge in [0.2, 0.25) is 11.8 Å². The molecule has 0 aliphatic carbocycles. The second-order valence-corrected chi connectivity index (χ2v) is 6.44. The van der Waals surface area contributed by atoms with Crippen LogP contribution in [0.4, 0.5) is 0 Å². The van der Waals surface area contributed by atoms with Gasteiger partial charge in [0.25, 0.3) is 0 Å². The lowest BCUT2D eigenvalue weighted by molar-refractivity contribution is -0.132. The van der Waals surface area contributed by atoms with Gasteiger partial charge in [-0.15, -0.1) is 0 Å². The van der Waals surface area contributed by atoms with E-state index in [1.807, 2.05) is 27.7 Å². The lowest BCUT2D eigenvalue weighted by Crippen LogP contribution is -2.53. The van der Waals surface area contributed by atoms with Gasteiger partial charge in [0.05, 0.1) is 0 Å². The highest BCUT2D eigenvalue weighted by Gasteiger charge is 2.32. The average Bonchev–Trinajstić information content (AvgIpc) is 2.19. The van der Waals surface area contributed by atoms with E-state index in [1.165, 1.54) is 0 Å². The Bertz CT molecular complexity index is 293. The van der Waals surface area contributed by atoms with Gasteiger partial charge in [-0.25, -0.2) is 0 Å². The van der Waals surface area contributed by atoms with Crippen molar-refractivity contribution in [2.24, 2.45) is 23.0 Å². The average molecular weight is 256 g/mol. The van der Waals surface area contributed by atoms with E-state index in [2.05, 4.69) is 19.2 Å². The van der Waals surface area contributed by atoms with Gasteiger partial charge in [0.15, 0.2) is 0 Å². The van der Waals surface area contributed by atoms with E-state index in [1.54, 1.807) is 0 Å². The van der Waals surface area contributed by atoms with Gasteiger partial charge >= 0.3 is 0 Å². The SMILES string of the molecule is CC[C@@H](CC(C)C)C(=O)N[C@H](C(N)=O)C(C)(C)C. The number of amides is 2. The Morgan fingerprint density at radius 3 is 2.00 bits per heavy atom. The van der Waals surface area contributed by atoms with Gasteiger partial charge in [-0.3, -0.25) is 9.59 Å². The Morgan fingerprint density at radius 1 is 1.22 bits per heavy atom. The Morgan fingerprint density at radius 2 is 1.72 bits per heavy atom. The topological polar surface area (TPSA) is 72.2 Å². The molecule has 2 amide bonds. The highest BCUT2D eigenvalue weighted by molar-refractivity contribution is 5.88. The Labute approximate surface area is 111 Å². The number of hydrogen-bond donors (Lipinski definition) is 2. The summed E-state index contributed by atoms with van der Waals surface area (Å²) < 4.78 is 0. The van der Waals surface area contributed by atoms with E-state index in [4.69, 9.17) is 5.73 Å². The van der Waals surface area contributed by atoms with E-state index in [0.717, 1.165) is 12.8 Å². The monoisotopic (exact) mass is 256 g/mol. The maximum atomic E-state index is 12.2. The normalized spacial score (nSPS) is 15.3. The quantitative estimate of drug-likeness (QED) is 0.763. The molecule has 0 radical (unpaired) electrons. The van der Waals surface area contributed by atoms with Gasteiger partial charge < -0.3 is 11.1 Å². The Kier molecular flexibility index (Phi) is 6.36. The lowest BCUT2D eigenvalue weighted by Gasteiger charge is -2.30. The minimum absolute atomic E-state index is 0.0470. The zero-order valence-electron chi connectivity index (χ0n) is 12.5. The molecule has 0 aromatic heterocycles. The van der Waals surface area contributed by atoms with Crippen LogP contribution in [0.25, 0.3) is 0 Å². The molecule has 106 valence electrons. The fraction of sp³-hybridized carbons (Fsp3) is 0.857. The van der Waals surface area contributed by atoms with Crippen LogP contribution in [0.15, 0.2) is 0 Å². The summed E-state index contributed by atoms with van der Waals surface area (Å²) in [5.74, 6) is -0.128. The second-order valence-electron chi connectivity index (χ2n) is 6.44. The second kappa shape index (κ2) is 6.76. The molecule has 0 aliphatic heterocycles. The number of carbonyl (C=O) groups is 2. The molecule has 0 aromatic rings. The summed E-state index contributed by atoms with van der Waals surface area (Å²) in [7, 11) is 0. The number of primary amides is 1. The highest BCUT2D eigenvalue weighted by Crippen LogP contribution is 2.21. The van der Waals surface area contributed by atoms with Crippen molar-refractivity contribution in [3.8, 4) is 0 Å². The number of nitrogens with one attached hydrogen (secondary N) is 1. The van der Waals surface area contributed by atoms with Crippen molar-refractivity contribution in [1.82, 2.24) is 5.32 Å². The summed E-state index contributed by atoms with van der Waals surface area (Å²) in [5, 5.41) is 2.80. The molecule has 0 spiro atoms. The van der Waals surface area contributed by atoms with Gasteiger partial charge in [0, 0.05) is 5.92 Å². The van der Waals surface area contributed by atoms with E-state index < -0.39 is 11.9 Å². The van der Waals surface area contributed by atoms with Crippen molar-refractivity contribution < 1.29 is 9.59 Å². The maximum Gasteiger partial charge on any atom is 0.240 e. The van der Waals surface area contributed by atoms with E-state index in [-0.39, 0.29) is 17.2 Å². The Hall–Kier alpha value is -1.06. The molecule has 0 fully saturated rings. The zero-order valence-corrected chi connectivity index (χ0v) is 12.5. The van der Waals surface area contributed by atoms with Crippen LogP contribution in [-0.2, 0) is 9.59 Å². The summed E-state index contributed by atoms with van der Waals surface area (Å²) in [6.45, 7) is 11.9. The standard InChI is InChI=1S/C14H28N2O2/c1-7-10(8-9(2)3)13(18)16-11(12(15)17)14(4,5)6/h9-11H,7-8H2,1-6H3,(H2,15,17)(H,16,18)/t10-,11+/m0/s1.